The Hall–Kier alpha value is -2.61. The van der Waals surface area contributed by atoms with Crippen LogP contribution < -0.4 is 0 Å². The molecule has 1 heterocycles. The first kappa shape index (κ1) is 18.2. The summed E-state index contributed by atoms with van der Waals surface area (Å²) in [6.07, 6.45) is 0. The van der Waals surface area contributed by atoms with Gasteiger partial charge in [0.1, 0.15) is 5.82 Å². The second-order valence-electron chi connectivity index (χ2n) is 5.63. The lowest BCUT2D eigenvalue weighted by Crippen LogP contribution is -2.15. The van der Waals surface area contributed by atoms with Crippen molar-refractivity contribution in [2.45, 2.75) is 17.3 Å². The highest BCUT2D eigenvalue weighted by Crippen LogP contribution is 2.27. The van der Waals surface area contributed by atoms with E-state index in [1.165, 1.54) is 18.2 Å². The van der Waals surface area contributed by atoms with Crippen molar-refractivity contribution >= 4 is 17.5 Å². The Labute approximate surface area is 152 Å². The highest BCUT2D eigenvalue weighted by Gasteiger charge is 2.21. The van der Waals surface area contributed by atoms with Gasteiger partial charge >= 0.3 is 0 Å². The number of Topliss-reactive ketones (excluding diaryl/α,β-unsaturated/α-hetero) is 1. The molecule has 1 aromatic heterocycles. The minimum atomic E-state index is -1.06. The fraction of sp³-hybridized carbons (Fsp3) is 0.167. The number of halogens is 3. The Balaban J connectivity index is 1.79. The highest BCUT2D eigenvalue weighted by molar-refractivity contribution is 8.00. The Morgan fingerprint density at radius 1 is 1.04 bits per heavy atom. The van der Waals surface area contributed by atoms with Crippen LogP contribution in [0.15, 0.2) is 47.6 Å². The van der Waals surface area contributed by atoms with Gasteiger partial charge in [-0.05, 0) is 49.4 Å². The molecule has 0 amide bonds. The standard InChI is InChI=1S/C18H14F3N3OS/c1-10(16(25)12-5-8-14(20)15(21)9-12)26-18-23-22-17(24(18)2)11-3-6-13(19)7-4-11/h3-10H,1-2H3. The Kier molecular flexibility index (Phi) is 5.13. The number of thioether (sulfide) groups is 1. The molecule has 0 spiro atoms. The molecular weight excluding hydrogens is 363 g/mol. The fourth-order valence-electron chi connectivity index (χ4n) is 2.36. The number of nitrogens with zero attached hydrogens (tertiary/aromatic N) is 3. The summed E-state index contributed by atoms with van der Waals surface area (Å²) < 4.78 is 41.1. The maximum atomic E-state index is 13.3. The zero-order chi connectivity index (χ0) is 18.8. The first-order valence-corrected chi connectivity index (χ1v) is 8.56. The third kappa shape index (κ3) is 3.65. The monoisotopic (exact) mass is 377 g/mol. The smallest absolute Gasteiger partial charge is 0.191 e. The van der Waals surface area contributed by atoms with E-state index in [9.17, 15) is 18.0 Å². The van der Waals surface area contributed by atoms with Crippen LogP contribution >= 0.6 is 11.8 Å². The van der Waals surface area contributed by atoms with Gasteiger partial charge in [0, 0.05) is 18.2 Å². The van der Waals surface area contributed by atoms with Crippen LogP contribution in [0.25, 0.3) is 11.4 Å². The van der Waals surface area contributed by atoms with Gasteiger partial charge in [-0.1, -0.05) is 11.8 Å². The molecule has 2 aromatic carbocycles. The average molecular weight is 377 g/mol. The number of benzene rings is 2. The van der Waals surface area contributed by atoms with Gasteiger partial charge in [0.25, 0.3) is 0 Å². The molecule has 26 heavy (non-hydrogen) atoms. The zero-order valence-electron chi connectivity index (χ0n) is 13.9. The van der Waals surface area contributed by atoms with Crippen molar-refractivity contribution in [1.82, 2.24) is 14.8 Å². The van der Waals surface area contributed by atoms with Crippen LogP contribution in [0.1, 0.15) is 17.3 Å². The van der Waals surface area contributed by atoms with Gasteiger partial charge in [-0.2, -0.15) is 0 Å². The lowest BCUT2D eigenvalue weighted by Gasteiger charge is -2.10. The van der Waals surface area contributed by atoms with E-state index in [1.54, 1.807) is 30.7 Å². The summed E-state index contributed by atoms with van der Waals surface area (Å²) >= 11 is 1.15. The van der Waals surface area contributed by atoms with E-state index in [0.717, 1.165) is 23.9 Å². The van der Waals surface area contributed by atoms with Gasteiger partial charge in [0.05, 0.1) is 5.25 Å². The third-order valence-corrected chi connectivity index (χ3v) is 4.93. The fourth-order valence-corrected chi connectivity index (χ4v) is 3.26. The summed E-state index contributed by atoms with van der Waals surface area (Å²) in [5, 5.41) is 8.03. The Bertz CT molecular complexity index is 957. The largest absolute Gasteiger partial charge is 0.305 e. The maximum Gasteiger partial charge on any atom is 0.191 e. The Morgan fingerprint density at radius 3 is 2.38 bits per heavy atom. The van der Waals surface area contributed by atoms with Crippen molar-refractivity contribution in [3.63, 3.8) is 0 Å². The summed E-state index contributed by atoms with van der Waals surface area (Å²) in [5.41, 5.74) is 0.776. The number of carbonyl (C=O) groups excluding carboxylic acids is 1. The Morgan fingerprint density at radius 2 is 1.73 bits per heavy atom. The second-order valence-corrected chi connectivity index (χ2v) is 6.93. The normalized spacial score (nSPS) is 12.2. The van der Waals surface area contributed by atoms with Crippen molar-refractivity contribution in [2.24, 2.45) is 7.05 Å². The van der Waals surface area contributed by atoms with E-state index in [1.807, 2.05) is 0 Å². The van der Waals surface area contributed by atoms with Crippen molar-refractivity contribution in [1.29, 1.82) is 0 Å². The molecule has 8 heteroatoms. The highest BCUT2D eigenvalue weighted by atomic mass is 32.2. The maximum absolute atomic E-state index is 13.3. The lowest BCUT2D eigenvalue weighted by atomic mass is 10.1. The predicted molar refractivity (Wildman–Crippen MR) is 92.4 cm³/mol. The van der Waals surface area contributed by atoms with Gasteiger partial charge in [-0.25, -0.2) is 13.2 Å². The van der Waals surface area contributed by atoms with Crippen molar-refractivity contribution in [2.75, 3.05) is 0 Å². The summed E-state index contributed by atoms with van der Waals surface area (Å²) in [6, 6.07) is 8.88. The van der Waals surface area contributed by atoms with Crippen LogP contribution in [0.4, 0.5) is 13.2 Å². The minimum absolute atomic E-state index is 0.0878. The first-order valence-electron chi connectivity index (χ1n) is 7.68. The number of carbonyl (C=O) groups is 1. The number of hydrogen-bond donors (Lipinski definition) is 0. The van der Waals surface area contributed by atoms with E-state index < -0.39 is 16.9 Å². The predicted octanol–water partition coefficient (Wildman–Crippen LogP) is 4.26. The molecule has 1 unspecified atom stereocenters. The summed E-state index contributed by atoms with van der Waals surface area (Å²) in [6.45, 7) is 1.65. The van der Waals surface area contributed by atoms with E-state index in [-0.39, 0.29) is 17.2 Å². The summed E-state index contributed by atoms with van der Waals surface area (Å²) in [5.74, 6) is -2.24. The number of rotatable bonds is 5. The molecule has 3 aromatic rings. The molecule has 0 N–H and O–H groups in total. The van der Waals surface area contributed by atoms with Crippen molar-refractivity contribution in [3.05, 3.63) is 65.5 Å². The number of ketones is 1. The molecule has 1 atom stereocenters. The molecular formula is C18H14F3N3OS. The van der Waals surface area contributed by atoms with Crippen molar-refractivity contribution < 1.29 is 18.0 Å². The van der Waals surface area contributed by atoms with Crippen LogP contribution in [0.3, 0.4) is 0 Å². The molecule has 0 aliphatic carbocycles. The van der Waals surface area contributed by atoms with Gasteiger partial charge in [0.15, 0.2) is 28.4 Å². The van der Waals surface area contributed by atoms with Crippen LogP contribution in [0, 0.1) is 17.5 Å². The van der Waals surface area contributed by atoms with Gasteiger partial charge < -0.3 is 4.57 Å². The molecule has 0 saturated heterocycles. The topological polar surface area (TPSA) is 47.8 Å². The van der Waals surface area contributed by atoms with Crippen LogP contribution in [0.5, 0.6) is 0 Å². The quantitative estimate of drug-likeness (QED) is 0.492. The molecule has 0 saturated carbocycles. The van der Waals surface area contributed by atoms with E-state index >= 15 is 0 Å². The third-order valence-electron chi connectivity index (χ3n) is 3.79. The van der Waals surface area contributed by atoms with E-state index in [2.05, 4.69) is 10.2 Å². The van der Waals surface area contributed by atoms with Crippen molar-refractivity contribution in [3.8, 4) is 11.4 Å². The van der Waals surface area contributed by atoms with Crippen LogP contribution in [-0.4, -0.2) is 25.8 Å². The van der Waals surface area contributed by atoms with Gasteiger partial charge in [0.2, 0.25) is 0 Å². The number of aromatic nitrogens is 3. The lowest BCUT2D eigenvalue weighted by molar-refractivity contribution is 0.0993. The summed E-state index contributed by atoms with van der Waals surface area (Å²) in [7, 11) is 1.73. The summed E-state index contributed by atoms with van der Waals surface area (Å²) in [4.78, 5) is 12.4. The molecule has 0 aliphatic rings. The molecule has 3 rings (SSSR count). The first-order chi connectivity index (χ1) is 12.4. The molecule has 0 bridgehead atoms. The van der Waals surface area contributed by atoms with E-state index in [4.69, 9.17) is 0 Å². The second kappa shape index (κ2) is 7.33. The van der Waals surface area contributed by atoms with Gasteiger partial charge in [-0.15, -0.1) is 10.2 Å². The molecule has 134 valence electrons. The zero-order valence-corrected chi connectivity index (χ0v) is 14.7. The molecule has 4 nitrogen and oxygen atoms in total. The van der Waals surface area contributed by atoms with Crippen LogP contribution in [-0.2, 0) is 7.05 Å². The van der Waals surface area contributed by atoms with Crippen LogP contribution in [0.2, 0.25) is 0 Å². The molecule has 0 fully saturated rings. The van der Waals surface area contributed by atoms with E-state index in [0.29, 0.717) is 16.5 Å². The SMILES string of the molecule is CC(Sc1nnc(-c2ccc(F)cc2)n1C)C(=O)c1ccc(F)c(F)c1. The average Bonchev–Trinajstić information content (AvgIpc) is 2.98. The number of hydrogen-bond acceptors (Lipinski definition) is 4. The van der Waals surface area contributed by atoms with Gasteiger partial charge in [-0.3, -0.25) is 4.79 Å². The minimum Gasteiger partial charge on any atom is -0.305 e. The molecule has 0 radical (unpaired) electrons. The molecule has 0 aliphatic heterocycles.